The van der Waals surface area contributed by atoms with E-state index in [1.807, 2.05) is 6.92 Å². The third kappa shape index (κ3) is 7.32. The SMILES string of the molecule is CCCCC[C@@H](C(=O)NCNC(=O)c1ccc(-c2ccc(OC)c(C(=O)O)c2)o1)[C@@H](CC)C(=O)NO. The van der Waals surface area contributed by atoms with E-state index >= 15 is 0 Å². The van der Waals surface area contributed by atoms with Crippen LogP contribution in [0.2, 0.25) is 0 Å². The van der Waals surface area contributed by atoms with Crippen molar-refractivity contribution in [1.82, 2.24) is 16.1 Å². The minimum Gasteiger partial charge on any atom is -0.496 e. The monoisotopic (exact) mass is 503 g/mol. The second-order valence-electron chi connectivity index (χ2n) is 8.20. The van der Waals surface area contributed by atoms with Crippen molar-refractivity contribution in [2.45, 2.75) is 46.0 Å². The molecule has 2 atom stereocenters. The summed E-state index contributed by atoms with van der Waals surface area (Å²) in [7, 11) is 1.37. The van der Waals surface area contributed by atoms with Crippen molar-refractivity contribution in [1.29, 1.82) is 0 Å². The van der Waals surface area contributed by atoms with Crippen molar-refractivity contribution < 1.29 is 38.6 Å². The molecule has 2 rings (SSSR count). The van der Waals surface area contributed by atoms with E-state index in [1.165, 1.54) is 31.4 Å². The zero-order valence-electron chi connectivity index (χ0n) is 20.6. The molecule has 0 fully saturated rings. The Labute approximate surface area is 209 Å². The number of methoxy groups -OCH3 is 1. The molecule has 5 N–H and O–H groups in total. The Kier molecular flexibility index (Phi) is 10.9. The van der Waals surface area contributed by atoms with Crippen LogP contribution in [-0.4, -0.2) is 47.8 Å². The van der Waals surface area contributed by atoms with Crippen LogP contribution in [0.15, 0.2) is 34.7 Å². The second-order valence-corrected chi connectivity index (χ2v) is 8.20. The van der Waals surface area contributed by atoms with Gasteiger partial charge in [0.2, 0.25) is 11.8 Å². The molecule has 0 unspecified atom stereocenters. The number of benzene rings is 1. The lowest BCUT2D eigenvalue weighted by Gasteiger charge is -2.24. The third-order valence-corrected chi connectivity index (χ3v) is 5.88. The predicted octanol–water partition coefficient (Wildman–Crippen LogP) is 3.19. The smallest absolute Gasteiger partial charge is 0.339 e. The fourth-order valence-corrected chi connectivity index (χ4v) is 3.94. The standard InChI is InChI=1S/C25H33N3O8/c1-4-6-7-8-17(16(5-2)23(30)28-34)22(29)26-14-27-24(31)21-12-11-19(36-21)15-9-10-20(35-3)18(13-15)25(32)33/h9-13,16-17,34H,4-8,14H2,1-3H3,(H,26,29)(H,27,31)(H,28,30)(H,32,33)/t16-,17-/m1/s1. The van der Waals surface area contributed by atoms with Crippen LogP contribution in [0, 0.1) is 11.8 Å². The molecule has 0 saturated carbocycles. The molecule has 0 radical (unpaired) electrons. The van der Waals surface area contributed by atoms with Crippen LogP contribution in [0.4, 0.5) is 0 Å². The Morgan fingerprint density at radius 3 is 2.36 bits per heavy atom. The summed E-state index contributed by atoms with van der Waals surface area (Å²) in [6, 6.07) is 7.45. The van der Waals surface area contributed by atoms with E-state index in [4.69, 9.17) is 14.4 Å². The van der Waals surface area contributed by atoms with Gasteiger partial charge in [-0.05, 0) is 43.2 Å². The highest BCUT2D eigenvalue weighted by Crippen LogP contribution is 2.28. The molecule has 0 spiro atoms. The van der Waals surface area contributed by atoms with E-state index < -0.39 is 35.5 Å². The van der Waals surface area contributed by atoms with E-state index in [2.05, 4.69) is 10.6 Å². The quantitative estimate of drug-likeness (QED) is 0.113. The van der Waals surface area contributed by atoms with E-state index in [1.54, 1.807) is 18.5 Å². The van der Waals surface area contributed by atoms with Crippen molar-refractivity contribution in [3.63, 3.8) is 0 Å². The number of carbonyl (C=O) groups excluding carboxylic acids is 3. The van der Waals surface area contributed by atoms with Gasteiger partial charge in [0.15, 0.2) is 5.76 Å². The van der Waals surface area contributed by atoms with Gasteiger partial charge in [0.25, 0.3) is 5.91 Å². The average Bonchev–Trinajstić information content (AvgIpc) is 3.38. The number of hydrogen-bond acceptors (Lipinski definition) is 7. The molecule has 11 heteroatoms. The van der Waals surface area contributed by atoms with Gasteiger partial charge >= 0.3 is 5.97 Å². The molecule has 0 aliphatic carbocycles. The van der Waals surface area contributed by atoms with E-state index in [0.717, 1.165) is 19.3 Å². The van der Waals surface area contributed by atoms with E-state index in [9.17, 15) is 24.3 Å². The number of furan rings is 1. The molecule has 1 aromatic carbocycles. The highest BCUT2D eigenvalue weighted by molar-refractivity contribution is 5.94. The van der Waals surface area contributed by atoms with Crippen molar-refractivity contribution in [3.05, 3.63) is 41.7 Å². The van der Waals surface area contributed by atoms with Crippen LogP contribution in [0.3, 0.4) is 0 Å². The molecule has 0 aliphatic rings. The van der Waals surface area contributed by atoms with Crippen LogP contribution in [-0.2, 0) is 9.59 Å². The van der Waals surface area contributed by atoms with Gasteiger partial charge in [0.05, 0.1) is 19.7 Å². The van der Waals surface area contributed by atoms with Crippen LogP contribution in [0.5, 0.6) is 5.75 Å². The molecule has 2 aromatic rings. The lowest BCUT2D eigenvalue weighted by atomic mass is 9.84. The first-order valence-corrected chi connectivity index (χ1v) is 11.8. The fourth-order valence-electron chi connectivity index (χ4n) is 3.94. The van der Waals surface area contributed by atoms with E-state index in [-0.39, 0.29) is 29.5 Å². The number of hydrogen-bond donors (Lipinski definition) is 5. The maximum absolute atomic E-state index is 12.8. The van der Waals surface area contributed by atoms with Crippen LogP contribution in [0.1, 0.15) is 66.9 Å². The summed E-state index contributed by atoms with van der Waals surface area (Å²) in [5, 5.41) is 23.5. The molecule has 11 nitrogen and oxygen atoms in total. The zero-order valence-corrected chi connectivity index (χ0v) is 20.6. The summed E-state index contributed by atoms with van der Waals surface area (Å²) in [6.45, 7) is 3.60. The summed E-state index contributed by atoms with van der Waals surface area (Å²) in [5.74, 6) is -3.67. The first-order valence-electron chi connectivity index (χ1n) is 11.8. The topological polar surface area (TPSA) is 167 Å². The van der Waals surface area contributed by atoms with Gasteiger partial charge in [-0.1, -0.05) is 33.1 Å². The Morgan fingerprint density at radius 1 is 1.00 bits per heavy atom. The number of ether oxygens (including phenoxy) is 1. The minimum absolute atomic E-state index is 0.0301. The van der Waals surface area contributed by atoms with Gasteiger partial charge in [0.1, 0.15) is 17.1 Å². The molecule has 0 saturated heterocycles. The first-order chi connectivity index (χ1) is 17.3. The minimum atomic E-state index is -1.16. The normalized spacial score (nSPS) is 12.3. The van der Waals surface area contributed by atoms with Crippen molar-refractivity contribution in [2.75, 3.05) is 13.8 Å². The molecule has 1 heterocycles. The van der Waals surface area contributed by atoms with Crippen LogP contribution in [0.25, 0.3) is 11.3 Å². The summed E-state index contributed by atoms with van der Waals surface area (Å²) in [5.41, 5.74) is 2.03. The number of carboxylic acids is 1. The summed E-state index contributed by atoms with van der Waals surface area (Å²) >= 11 is 0. The Bertz CT molecular complexity index is 1070. The number of hydroxylamine groups is 1. The molecular weight excluding hydrogens is 470 g/mol. The highest BCUT2D eigenvalue weighted by Gasteiger charge is 2.32. The molecule has 196 valence electrons. The first kappa shape index (κ1) is 28.4. The van der Waals surface area contributed by atoms with Crippen LogP contribution < -0.4 is 20.9 Å². The highest BCUT2D eigenvalue weighted by atomic mass is 16.5. The summed E-state index contributed by atoms with van der Waals surface area (Å²) < 4.78 is 10.6. The van der Waals surface area contributed by atoms with Crippen molar-refractivity contribution in [3.8, 4) is 17.1 Å². The molecule has 0 aliphatic heterocycles. The lowest BCUT2D eigenvalue weighted by molar-refractivity contribution is -0.140. The third-order valence-electron chi connectivity index (χ3n) is 5.88. The molecule has 0 bridgehead atoms. The molecule has 36 heavy (non-hydrogen) atoms. The lowest BCUT2D eigenvalue weighted by Crippen LogP contribution is -2.44. The number of amides is 3. The number of carboxylic acid groups (broad SMARTS) is 1. The largest absolute Gasteiger partial charge is 0.496 e. The molecular formula is C25H33N3O8. The second kappa shape index (κ2) is 13.9. The predicted molar refractivity (Wildman–Crippen MR) is 129 cm³/mol. The number of carbonyl (C=O) groups is 4. The maximum atomic E-state index is 12.8. The summed E-state index contributed by atoms with van der Waals surface area (Å²) in [6.07, 6.45) is 3.45. The van der Waals surface area contributed by atoms with Gasteiger partial charge in [0, 0.05) is 11.5 Å². The molecule has 3 amide bonds. The Morgan fingerprint density at radius 2 is 1.75 bits per heavy atom. The van der Waals surface area contributed by atoms with Crippen molar-refractivity contribution >= 4 is 23.7 Å². The van der Waals surface area contributed by atoms with Gasteiger partial charge in [-0.2, -0.15) is 0 Å². The Hall–Kier alpha value is -3.86. The van der Waals surface area contributed by atoms with Gasteiger partial charge in [-0.3, -0.25) is 19.6 Å². The Balaban J connectivity index is 2.03. The van der Waals surface area contributed by atoms with Crippen LogP contribution >= 0.6 is 0 Å². The number of rotatable bonds is 14. The molecule has 1 aromatic heterocycles. The van der Waals surface area contributed by atoms with Gasteiger partial charge < -0.3 is 24.9 Å². The number of unbranched alkanes of at least 4 members (excludes halogenated alkanes) is 2. The zero-order chi connectivity index (χ0) is 26.7. The summed E-state index contributed by atoms with van der Waals surface area (Å²) in [4.78, 5) is 48.8. The van der Waals surface area contributed by atoms with Gasteiger partial charge in [-0.15, -0.1) is 0 Å². The van der Waals surface area contributed by atoms with Gasteiger partial charge in [-0.25, -0.2) is 10.3 Å². The number of aromatic carboxylic acids is 1. The average molecular weight is 504 g/mol. The maximum Gasteiger partial charge on any atom is 0.339 e. The van der Waals surface area contributed by atoms with E-state index in [0.29, 0.717) is 18.4 Å². The van der Waals surface area contributed by atoms with Crippen molar-refractivity contribution in [2.24, 2.45) is 11.8 Å². The fraction of sp³-hybridized carbons (Fsp3) is 0.440. The number of nitrogens with one attached hydrogen (secondary N) is 3.